The summed E-state index contributed by atoms with van der Waals surface area (Å²) in [5.74, 6) is 0.511. The lowest BCUT2D eigenvalue weighted by Gasteiger charge is -2.09. The molecule has 1 atom stereocenters. The van der Waals surface area contributed by atoms with Gasteiger partial charge in [-0.1, -0.05) is 6.07 Å². The van der Waals surface area contributed by atoms with Gasteiger partial charge in [-0.25, -0.2) is 13.4 Å². The van der Waals surface area contributed by atoms with Gasteiger partial charge in [0.05, 0.1) is 19.0 Å². The Hall–Kier alpha value is -1.14. The van der Waals surface area contributed by atoms with Gasteiger partial charge in [0.2, 0.25) is 5.88 Å². The van der Waals surface area contributed by atoms with Crippen LogP contribution in [0.2, 0.25) is 0 Å². The van der Waals surface area contributed by atoms with Crippen molar-refractivity contribution in [1.82, 2.24) is 4.98 Å². The van der Waals surface area contributed by atoms with Crippen LogP contribution in [0.1, 0.15) is 12.0 Å². The molecule has 0 amide bonds. The summed E-state index contributed by atoms with van der Waals surface area (Å²) >= 11 is 0. The summed E-state index contributed by atoms with van der Waals surface area (Å²) in [6.45, 7) is 0. The van der Waals surface area contributed by atoms with Gasteiger partial charge < -0.3 is 9.84 Å². The fourth-order valence-corrected chi connectivity index (χ4v) is 2.08. The average Bonchev–Trinajstić information content (AvgIpc) is 2.27. The van der Waals surface area contributed by atoms with Crippen molar-refractivity contribution in [3.05, 3.63) is 23.9 Å². The van der Waals surface area contributed by atoms with Crippen molar-refractivity contribution < 1.29 is 18.3 Å². The Labute approximate surface area is 101 Å². The van der Waals surface area contributed by atoms with Gasteiger partial charge in [0.25, 0.3) is 0 Å². The number of rotatable bonds is 6. The van der Waals surface area contributed by atoms with Crippen molar-refractivity contribution in [2.45, 2.75) is 18.9 Å². The second-order valence-corrected chi connectivity index (χ2v) is 6.25. The molecule has 0 aliphatic heterocycles. The van der Waals surface area contributed by atoms with E-state index in [0.29, 0.717) is 12.3 Å². The summed E-state index contributed by atoms with van der Waals surface area (Å²) in [5, 5.41) is 9.67. The zero-order valence-electron chi connectivity index (χ0n) is 9.96. The highest BCUT2D eigenvalue weighted by Crippen LogP contribution is 2.10. The van der Waals surface area contributed by atoms with E-state index >= 15 is 0 Å². The molecule has 0 saturated heterocycles. The Kier molecular flexibility index (Phi) is 4.89. The van der Waals surface area contributed by atoms with Crippen LogP contribution in [0.25, 0.3) is 0 Å². The molecule has 1 rings (SSSR count). The van der Waals surface area contributed by atoms with E-state index in [1.54, 1.807) is 18.3 Å². The van der Waals surface area contributed by atoms with Gasteiger partial charge in [0.1, 0.15) is 9.84 Å². The summed E-state index contributed by atoms with van der Waals surface area (Å²) < 4.78 is 26.8. The Morgan fingerprint density at radius 1 is 1.47 bits per heavy atom. The molecular weight excluding hydrogens is 242 g/mol. The molecule has 17 heavy (non-hydrogen) atoms. The molecule has 0 saturated carbocycles. The van der Waals surface area contributed by atoms with Gasteiger partial charge in [0, 0.05) is 18.5 Å². The standard InChI is InChI=1S/C11H17NO4S/c1-16-11-4-3-9(8-12-11)7-10(13)5-6-17(2,14)15/h3-4,8,10,13H,5-7H2,1-2H3. The highest BCUT2D eigenvalue weighted by molar-refractivity contribution is 7.90. The molecule has 5 nitrogen and oxygen atoms in total. The molecule has 6 heteroatoms. The lowest BCUT2D eigenvalue weighted by Crippen LogP contribution is -2.16. The van der Waals surface area contributed by atoms with Crippen LogP contribution < -0.4 is 4.74 Å². The molecule has 1 heterocycles. The number of sulfone groups is 1. The fraction of sp³-hybridized carbons (Fsp3) is 0.545. The maximum Gasteiger partial charge on any atom is 0.212 e. The number of methoxy groups -OCH3 is 1. The third-order valence-electron chi connectivity index (χ3n) is 2.30. The minimum absolute atomic E-state index is 0.00223. The van der Waals surface area contributed by atoms with Crippen LogP contribution in [-0.2, 0) is 16.3 Å². The van der Waals surface area contributed by atoms with E-state index in [0.717, 1.165) is 11.8 Å². The number of aromatic nitrogens is 1. The van der Waals surface area contributed by atoms with Gasteiger partial charge in [-0.3, -0.25) is 0 Å². The Morgan fingerprint density at radius 3 is 2.65 bits per heavy atom. The minimum atomic E-state index is -3.02. The van der Waals surface area contributed by atoms with Crippen LogP contribution in [0.15, 0.2) is 18.3 Å². The summed E-state index contributed by atoms with van der Waals surface area (Å²) in [6, 6.07) is 3.51. The number of hydrogen-bond acceptors (Lipinski definition) is 5. The summed E-state index contributed by atoms with van der Waals surface area (Å²) in [6.07, 6.45) is 2.74. The molecule has 0 aromatic carbocycles. The van der Waals surface area contributed by atoms with Crippen molar-refractivity contribution in [1.29, 1.82) is 0 Å². The molecule has 0 bridgehead atoms. The molecule has 0 aliphatic rings. The van der Waals surface area contributed by atoms with Gasteiger partial charge in [0.15, 0.2) is 0 Å². The number of pyridine rings is 1. The molecule has 1 aromatic rings. The van der Waals surface area contributed by atoms with Gasteiger partial charge in [-0.2, -0.15) is 0 Å². The van der Waals surface area contributed by atoms with Crippen molar-refractivity contribution in [3.8, 4) is 5.88 Å². The van der Waals surface area contributed by atoms with Crippen LogP contribution >= 0.6 is 0 Å². The van der Waals surface area contributed by atoms with E-state index in [2.05, 4.69) is 4.98 Å². The van der Waals surface area contributed by atoms with Gasteiger partial charge in [-0.15, -0.1) is 0 Å². The Balaban J connectivity index is 2.47. The van der Waals surface area contributed by atoms with Gasteiger partial charge in [-0.05, 0) is 18.4 Å². The first kappa shape index (κ1) is 13.9. The van der Waals surface area contributed by atoms with E-state index < -0.39 is 15.9 Å². The molecule has 0 fully saturated rings. The van der Waals surface area contributed by atoms with Crippen molar-refractivity contribution in [3.63, 3.8) is 0 Å². The highest BCUT2D eigenvalue weighted by Gasteiger charge is 2.10. The van der Waals surface area contributed by atoms with E-state index in [4.69, 9.17) is 4.74 Å². The van der Waals surface area contributed by atoms with Crippen LogP contribution in [0.3, 0.4) is 0 Å². The second kappa shape index (κ2) is 5.97. The maximum atomic E-state index is 10.9. The predicted octanol–water partition coefficient (Wildman–Crippen LogP) is 0.428. The molecule has 0 radical (unpaired) electrons. The maximum absolute atomic E-state index is 10.9. The molecule has 96 valence electrons. The van der Waals surface area contributed by atoms with E-state index in [9.17, 15) is 13.5 Å². The molecule has 1 N–H and O–H groups in total. The number of nitrogens with zero attached hydrogens (tertiary/aromatic N) is 1. The molecular formula is C11H17NO4S. The predicted molar refractivity (Wildman–Crippen MR) is 64.8 cm³/mol. The third-order valence-corrected chi connectivity index (χ3v) is 3.28. The van der Waals surface area contributed by atoms with Crippen molar-refractivity contribution in [2.75, 3.05) is 19.1 Å². The summed E-state index contributed by atoms with van der Waals surface area (Å²) in [7, 11) is -1.49. The Bertz CT molecular complexity index is 441. The van der Waals surface area contributed by atoms with E-state index in [1.807, 2.05) is 0 Å². The average molecular weight is 259 g/mol. The fourth-order valence-electron chi connectivity index (χ4n) is 1.38. The summed E-state index contributed by atoms with van der Waals surface area (Å²) in [4.78, 5) is 4.01. The van der Waals surface area contributed by atoms with Crippen LogP contribution in [0.4, 0.5) is 0 Å². The third kappa shape index (κ3) is 5.65. The molecule has 1 aromatic heterocycles. The minimum Gasteiger partial charge on any atom is -0.481 e. The topological polar surface area (TPSA) is 76.5 Å². The first-order valence-electron chi connectivity index (χ1n) is 5.25. The van der Waals surface area contributed by atoms with Gasteiger partial charge >= 0.3 is 0 Å². The van der Waals surface area contributed by atoms with Crippen molar-refractivity contribution in [2.24, 2.45) is 0 Å². The first-order chi connectivity index (χ1) is 7.90. The normalized spacial score (nSPS) is 13.4. The van der Waals surface area contributed by atoms with Crippen LogP contribution in [0.5, 0.6) is 5.88 Å². The smallest absolute Gasteiger partial charge is 0.212 e. The monoisotopic (exact) mass is 259 g/mol. The zero-order valence-corrected chi connectivity index (χ0v) is 10.8. The van der Waals surface area contributed by atoms with Crippen LogP contribution in [-0.4, -0.2) is 43.7 Å². The van der Waals surface area contributed by atoms with Crippen molar-refractivity contribution >= 4 is 9.84 Å². The van der Waals surface area contributed by atoms with E-state index in [1.165, 1.54) is 7.11 Å². The molecule has 1 unspecified atom stereocenters. The number of aliphatic hydroxyl groups is 1. The number of ether oxygens (including phenoxy) is 1. The SMILES string of the molecule is COc1ccc(CC(O)CCS(C)(=O)=O)cn1. The number of aliphatic hydroxyl groups excluding tert-OH is 1. The second-order valence-electron chi connectivity index (χ2n) is 3.99. The molecule has 0 spiro atoms. The largest absolute Gasteiger partial charge is 0.481 e. The Morgan fingerprint density at radius 2 is 2.18 bits per heavy atom. The number of hydrogen-bond donors (Lipinski definition) is 1. The first-order valence-corrected chi connectivity index (χ1v) is 7.31. The quantitative estimate of drug-likeness (QED) is 0.801. The summed E-state index contributed by atoms with van der Waals surface area (Å²) in [5.41, 5.74) is 0.854. The van der Waals surface area contributed by atoms with Crippen LogP contribution in [0, 0.1) is 0 Å². The highest BCUT2D eigenvalue weighted by atomic mass is 32.2. The van der Waals surface area contributed by atoms with E-state index in [-0.39, 0.29) is 12.2 Å². The lowest BCUT2D eigenvalue weighted by atomic mass is 10.1. The zero-order chi connectivity index (χ0) is 12.9. The lowest BCUT2D eigenvalue weighted by molar-refractivity contribution is 0.171. The molecule has 0 aliphatic carbocycles.